The van der Waals surface area contributed by atoms with E-state index in [-0.39, 0.29) is 16.5 Å². The molecular formula is C11H8F3O5P. The van der Waals surface area contributed by atoms with Crippen LogP contribution < -0.4 is 5.63 Å². The molecule has 0 bridgehead atoms. The number of halogens is 3. The van der Waals surface area contributed by atoms with Crippen LogP contribution in [0.5, 0.6) is 0 Å². The van der Waals surface area contributed by atoms with Gasteiger partial charge in [0.15, 0.2) is 0 Å². The summed E-state index contributed by atoms with van der Waals surface area (Å²) < 4.78 is 53.8. The number of fused-ring (bicyclic) bond motifs is 1. The monoisotopic (exact) mass is 308 g/mol. The second kappa shape index (κ2) is 4.73. The first-order chi connectivity index (χ1) is 9.06. The van der Waals surface area contributed by atoms with Gasteiger partial charge >= 0.3 is 19.4 Å². The predicted octanol–water partition coefficient (Wildman–Crippen LogP) is 2.49. The zero-order chi connectivity index (χ0) is 15.1. The van der Waals surface area contributed by atoms with Crippen molar-refractivity contribution < 1.29 is 31.9 Å². The first-order valence-corrected chi connectivity index (χ1v) is 7.04. The Morgan fingerprint density at radius 3 is 2.40 bits per heavy atom. The molecule has 0 atom stereocenters. The third-order valence-corrected chi connectivity index (χ3v) is 3.28. The Morgan fingerprint density at radius 1 is 1.20 bits per heavy atom. The second-order valence-corrected chi connectivity index (χ2v) is 5.78. The van der Waals surface area contributed by atoms with E-state index in [0.29, 0.717) is 6.07 Å². The molecule has 0 unspecified atom stereocenters. The Balaban J connectivity index is 2.66. The molecule has 0 aliphatic heterocycles. The summed E-state index contributed by atoms with van der Waals surface area (Å²) >= 11 is 0. The fourth-order valence-corrected chi connectivity index (χ4v) is 2.45. The van der Waals surface area contributed by atoms with Gasteiger partial charge < -0.3 is 14.2 Å². The molecule has 0 spiro atoms. The van der Waals surface area contributed by atoms with Crippen molar-refractivity contribution in [3.63, 3.8) is 0 Å². The molecule has 2 aromatic rings. The SMILES string of the molecule is O=c1cc(C(F)(F)F)c2ccc(CP(=O)(O)O)cc2o1. The molecule has 2 N–H and O–H groups in total. The Labute approximate surface area is 109 Å². The third kappa shape index (κ3) is 3.27. The summed E-state index contributed by atoms with van der Waals surface area (Å²) in [7, 11) is -4.36. The molecule has 9 heteroatoms. The lowest BCUT2D eigenvalue weighted by atomic mass is 10.1. The van der Waals surface area contributed by atoms with Crippen LogP contribution in [-0.2, 0) is 16.9 Å². The fraction of sp³-hybridized carbons (Fsp3) is 0.182. The molecule has 1 heterocycles. The predicted molar refractivity (Wildman–Crippen MR) is 63.2 cm³/mol. The number of benzene rings is 1. The molecule has 1 aromatic heterocycles. The lowest BCUT2D eigenvalue weighted by Gasteiger charge is -2.10. The van der Waals surface area contributed by atoms with E-state index in [1.807, 2.05) is 0 Å². The molecule has 5 nitrogen and oxygen atoms in total. The summed E-state index contributed by atoms with van der Waals surface area (Å²) in [5.41, 5.74) is -2.62. The minimum absolute atomic E-state index is 0.0771. The summed E-state index contributed by atoms with van der Waals surface area (Å²) in [4.78, 5) is 28.8. The molecule has 108 valence electrons. The van der Waals surface area contributed by atoms with Gasteiger partial charge in [-0.3, -0.25) is 4.57 Å². The van der Waals surface area contributed by atoms with Crippen molar-refractivity contribution in [2.24, 2.45) is 0 Å². The first kappa shape index (κ1) is 14.8. The topological polar surface area (TPSA) is 87.7 Å². The summed E-state index contributed by atoms with van der Waals surface area (Å²) in [5, 5.41) is -0.341. The van der Waals surface area contributed by atoms with Crippen molar-refractivity contribution in [1.29, 1.82) is 0 Å². The minimum atomic E-state index is -4.72. The van der Waals surface area contributed by atoms with Gasteiger partial charge in [-0.2, -0.15) is 13.2 Å². The van der Waals surface area contributed by atoms with Gasteiger partial charge in [-0.05, 0) is 11.6 Å². The number of alkyl halides is 3. The van der Waals surface area contributed by atoms with E-state index in [9.17, 15) is 22.5 Å². The Morgan fingerprint density at radius 2 is 1.85 bits per heavy atom. The quantitative estimate of drug-likeness (QED) is 0.657. The third-order valence-electron chi connectivity index (χ3n) is 2.50. The molecule has 0 radical (unpaired) electrons. The molecule has 20 heavy (non-hydrogen) atoms. The highest BCUT2D eigenvalue weighted by Crippen LogP contribution is 2.40. The Bertz CT molecular complexity index is 759. The lowest BCUT2D eigenvalue weighted by molar-refractivity contribution is -0.136. The van der Waals surface area contributed by atoms with Crippen molar-refractivity contribution in [1.82, 2.24) is 0 Å². The average Bonchev–Trinajstić information content (AvgIpc) is 2.23. The van der Waals surface area contributed by atoms with Gasteiger partial charge in [-0.25, -0.2) is 4.79 Å². The summed E-state index contributed by atoms with van der Waals surface area (Å²) in [6.07, 6.45) is -5.37. The van der Waals surface area contributed by atoms with Crippen LogP contribution in [0.1, 0.15) is 11.1 Å². The highest BCUT2D eigenvalue weighted by molar-refractivity contribution is 7.50. The molecule has 0 saturated carbocycles. The van der Waals surface area contributed by atoms with E-state index >= 15 is 0 Å². The molecule has 0 fully saturated rings. The molecular weight excluding hydrogens is 300 g/mol. The van der Waals surface area contributed by atoms with Crippen molar-refractivity contribution in [3.05, 3.63) is 45.8 Å². The van der Waals surface area contributed by atoms with E-state index in [2.05, 4.69) is 4.42 Å². The normalized spacial score (nSPS) is 12.8. The average molecular weight is 308 g/mol. The van der Waals surface area contributed by atoms with Gasteiger partial charge in [0.2, 0.25) is 0 Å². The molecule has 1 aromatic carbocycles. The first-order valence-electron chi connectivity index (χ1n) is 5.25. The molecule has 0 amide bonds. The minimum Gasteiger partial charge on any atom is -0.423 e. The summed E-state index contributed by atoms with van der Waals surface area (Å²) in [5.74, 6) is 0. The van der Waals surface area contributed by atoms with E-state index in [1.165, 1.54) is 0 Å². The maximum atomic E-state index is 12.8. The van der Waals surface area contributed by atoms with Crippen molar-refractivity contribution in [2.45, 2.75) is 12.3 Å². The number of hydrogen-bond acceptors (Lipinski definition) is 3. The maximum absolute atomic E-state index is 12.8. The molecule has 0 saturated heterocycles. The van der Waals surface area contributed by atoms with E-state index in [0.717, 1.165) is 18.2 Å². The van der Waals surface area contributed by atoms with Crippen LogP contribution in [0.4, 0.5) is 13.2 Å². The van der Waals surface area contributed by atoms with Crippen LogP contribution in [-0.4, -0.2) is 9.79 Å². The Hall–Kier alpha value is -1.63. The molecule has 0 aliphatic carbocycles. The van der Waals surface area contributed by atoms with Crippen LogP contribution in [0.2, 0.25) is 0 Å². The van der Waals surface area contributed by atoms with Crippen LogP contribution in [0.25, 0.3) is 11.0 Å². The van der Waals surface area contributed by atoms with E-state index < -0.39 is 31.1 Å². The van der Waals surface area contributed by atoms with Crippen molar-refractivity contribution in [3.8, 4) is 0 Å². The molecule has 2 rings (SSSR count). The lowest BCUT2D eigenvalue weighted by Crippen LogP contribution is -2.11. The largest absolute Gasteiger partial charge is 0.423 e. The second-order valence-electron chi connectivity index (χ2n) is 4.13. The number of hydrogen-bond donors (Lipinski definition) is 2. The zero-order valence-corrected chi connectivity index (χ0v) is 10.6. The van der Waals surface area contributed by atoms with Crippen LogP contribution in [0.3, 0.4) is 0 Å². The molecule has 0 aliphatic rings. The zero-order valence-electron chi connectivity index (χ0n) is 9.72. The Kier molecular flexibility index (Phi) is 3.49. The van der Waals surface area contributed by atoms with Gasteiger partial charge in [-0.15, -0.1) is 0 Å². The van der Waals surface area contributed by atoms with Gasteiger partial charge in [-0.1, -0.05) is 12.1 Å². The van der Waals surface area contributed by atoms with Crippen LogP contribution in [0.15, 0.2) is 33.5 Å². The standard InChI is InChI=1S/C11H8F3O5P/c12-11(13,14)8-4-10(15)19-9-3-6(1-2-7(8)9)5-20(16,17)18/h1-4H,5H2,(H2,16,17,18). The summed E-state index contributed by atoms with van der Waals surface area (Å²) in [6.45, 7) is 0. The van der Waals surface area contributed by atoms with Crippen molar-refractivity contribution >= 4 is 18.6 Å². The van der Waals surface area contributed by atoms with Crippen LogP contribution >= 0.6 is 7.60 Å². The van der Waals surface area contributed by atoms with Crippen LogP contribution in [0, 0.1) is 0 Å². The highest BCUT2D eigenvalue weighted by Gasteiger charge is 2.33. The van der Waals surface area contributed by atoms with E-state index in [1.54, 1.807) is 0 Å². The van der Waals surface area contributed by atoms with Gasteiger partial charge in [0, 0.05) is 11.5 Å². The maximum Gasteiger partial charge on any atom is 0.417 e. The number of rotatable bonds is 2. The van der Waals surface area contributed by atoms with Gasteiger partial charge in [0.1, 0.15) is 5.58 Å². The smallest absolute Gasteiger partial charge is 0.417 e. The van der Waals surface area contributed by atoms with E-state index in [4.69, 9.17) is 9.79 Å². The highest BCUT2D eigenvalue weighted by atomic mass is 31.2. The van der Waals surface area contributed by atoms with Crippen molar-refractivity contribution in [2.75, 3.05) is 0 Å². The van der Waals surface area contributed by atoms with Gasteiger partial charge in [0.25, 0.3) is 0 Å². The summed E-state index contributed by atoms with van der Waals surface area (Å²) in [6, 6.07) is 3.53. The van der Waals surface area contributed by atoms with Gasteiger partial charge in [0.05, 0.1) is 11.7 Å². The fourth-order valence-electron chi connectivity index (χ4n) is 1.78.